The number of H-pyrrole nitrogens is 1. The summed E-state index contributed by atoms with van der Waals surface area (Å²) >= 11 is 0. The number of hydrogen-bond donors (Lipinski definition) is 3. The molecule has 1 saturated heterocycles. The molecule has 5 rings (SSSR count). The Bertz CT molecular complexity index is 1360. The minimum absolute atomic E-state index is 0.132. The topological polar surface area (TPSA) is 125 Å². The number of rotatable bonds is 6. The highest BCUT2D eigenvalue weighted by atomic mass is 16.5. The number of nitrogens with zero attached hydrogens (tertiary/aromatic N) is 4. The fourth-order valence-electron chi connectivity index (χ4n) is 3.97. The van der Waals surface area contributed by atoms with E-state index in [-0.39, 0.29) is 17.5 Å². The highest BCUT2D eigenvalue weighted by molar-refractivity contribution is 6.03. The van der Waals surface area contributed by atoms with Crippen LogP contribution in [0.15, 0.2) is 55.0 Å². The first-order chi connectivity index (χ1) is 17.1. The summed E-state index contributed by atoms with van der Waals surface area (Å²) in [5.74, 6) is 0.448. The summed E-state index contributed by atoms with van der Waals surface area (Å²) < 4.78 is 5.46. The van der Waals surface area contributed by atoms with Crippen molar-refractivity contribution < 1.29 is 14.3 Å². The van der Waals surface area contributed by atoms with Gasteiger partial charge < -0.3 is 25.3 Å². The molecule has 0 spiro atoms. The van der Waals surface area contributed by atoms with Crippen molar-refractivity contribution in [1.29, 1.82) is 0 Å². The van der Waals surface area contributed by atoms with Gasteiger partial charge in [0.15, 0.2) is 0 Å². The molecule has 2 amide bonds. The molecule has 0 bridgehead atoms. The summed E-state index contributed by atoms with van der Waals surface area (Å²) in [6.45, 7) is 4.76. The van der Waals surface area contributed by atoms with Crippen LogP contribution in [-0.2, 0) is 16.1 Å². The fourth-order valence-corrected chi connectivity index (χ4v) is 3.97. The maximum atomic E-state index is 12.7. The lowest BCUT2D eigenvalue weighted by Gasteiger charge is -2.27. The van der Waals surface area contributed by atoms with Crippen LogP contribution in [-0.4, -0.2) is 58.1 Å². The summed E-state index contributed by atoms with van der Waals surface area (Å²) in [4.78, 5) is 42.4. The number of nitrogens with one attached hydrogen (secondary N) is 3. The Labute approximate surface area is 201 Å². The van der Waals surface area contributed by atoms with Gasteiger partial charge in [-0.2, -0.15) is 0 Å². The Balaban J connectivity index is 1.31. The minimum atomic E-state index is -0.321. The average Bonchev–Trinajstić information content (AvgIpc) is 3.33. The molecule has 10 nitrogen and oxygen atoms in total. The zero-order valence-corrected chi connectivity index (χ0v) is 19.2. The molecule has 178 valence electrons. The summed E-state index contributed by atoms with van der Waals surface area (Å²) in [6, 6.07) is 13.0. The molecule has 1 aliphatic heterocycles. The van der Waals surface area contributed by atoms with Gasteiger partial charge in [-0.1, -0.05) is 12.1 Å². The lowest BCUT2D eigenvalue weighted by Crippen LogP contribution is -2.36. The molecule has 0 saturated carbocycles. The molecule has 3 aromatic heterocycles. The van der Waals surface area contributed by atoms with E-state index in [2.05, 4.69) is 41.5 Å². The van der Waals surface area contributed by atoms with Crippen LogP contribution in [0.4, 0.5) is 11.5 Å². The average molecular weight is 472 g/mol. The standard InChI is InChI=1S/C25H25N7O3/c1-16(33)27-14-17-6-7-26-22(12-17)25(34)30-19-4-2-18(3-5-19)21-13-20-23(31-21)28-15-29-24(20)32-8-10-35-11-9-32/h2-7,12-13,15H,8-11,14H2,1H3,(H,27,33)(H,30,34)(H,28,29,31). The highest BCUT2D eigenvalue weighted by Gasteiger charge is 2.17. The number of fused-ring (bicyclic) bond motifs is 1. The van der Waals surface area contributed by atoms with Crippen molar-refractivity contribution in [3.63, 3.8) is 0 Å². The van der Waals surface area contributed by atoms with E-state index in [1.54, 1.807) is 24.7 Å². The number of pyridine rings is 1. The van der Waals surface area contributed by atoms with Crippen molar-refractivity contribution in [2.24, 2.45) is 0 Å². The van der Waals surface area contributed by atoms with Crippen LogP contribution in [0.1, 0.15) is 23.0 Å². The third kappa shape index (κ3) is 5.12. The number of anilines is 2. The minimum Gasteiger partial charge on any atom is -0.378 e. The number of morpholine rings is 1. The van der Waals surface area contributed by atoms with E-state index >= 15 is 0 Å². The van der Waals surface area contributed by atoms with Gasteiger partial charge in [-0.05, 0) is 41.5 Å². The third-order valence-electron chi connectivity index (χ3n) is 5.77. The van der Waals surface area contributed by atoms with Gasteiger partial charge in [-0.15, -0.1) is 0 Å². The van der Waals surface area contributed by atoms with E-state index in [4.69, 9.17) is 4.74 Å². The predicted octanol–water partition coefficient (Wildman–Crippen LogP) is 2.74. The lowest BCUT2D eigenvalue weighted by atomic mass is 10.1. The van der Waals surface area contributed by atoms with E-state index < -0.39 is 0 Å². The Morgan fingerprint density at radius 2 is 1.86 bits per heavy atom. The van der Waals surface area contributed by atoms with Crippen LogP contribution in [0.25, 0.3) is 22.3 Å². The maximum Gasteiger partial charge on any atom is 0.274 e. The first-order valence-corrected chi connectivity index (χ1v) is 11.3. The third-order valence-corrected chi connectivity index (χ3v) is 5.77. The fraction of sp³-hybridized carbons (Fsp3) is 0.240. The van der Waals surface area contributed by atoms with Crippen LogP contribution in [0.5, 0.6) is 0 Å². The van der Waals surface area contributed by atoms with Gasteiger partial charge in [0, 0.05) is 44.1 Å². The van der Waals surface area contributed by atoms with Crippen molar-refractivity contribution in [3.8, 4) is 11.3 Å². The zero-order valence-electron chi connectivity index (χ0n) is 19.2. The predicted molar refractivity (Wildman–Crippen MR) is 132 cm³/mol. The Morgan fingerprint density at radius 1 is 1.06 bits per heavy atom. The number of hydrogen-bond acceptors (Lipinski definition) is 7. The SMILES string of the molecule is CC(=O)NCc1ccnc(C(=O)Nc2ccc(-c3cc4c(N5CCOCC5)ncnc4[nH]3)cc2)c1. The van der Waals surface area contributed by atoms with Crippen LogP contribution in [0, 0.1) is 0 Å². The first kappa shape index (κ1) is 22.5. The van der Waals surface area contributed by atoms with E-state index in [1.807, 2.05) is 24.3 Å². The van der Waals surface area contributed by atoms with Gasteiger partial charge in [0.2, 0.25) is 5.91 Å². The smallest absolute Gasteiger partial charge is 0.274 e. The van der Waals surface area contributed by atoms with E-state index in [1.165, 1.54) is 6.92 Å². The molecule has 35 heavy (non-hydrogen) atoms. The summed E-state index contributed by atoms with van der Waals surface area (Å²) in [7, 11) is 0. The highest BCUT2D eigenvalue weighted by Crippen LogP contribution is 2.29. The van der Waals surface area contributed by atoms with Crippen LogP contribution in [0.3, 0.4) is 0 Å². The molecule has 4 heterocycles. The van der Waals surface area contributed by atoms with E-state index in [9.17, 15) is 9.59 Å². The number of amides is 2. The molecule has 3 N–H and O–H groups in total. The first-order valence-electron chi connectivity index (χ1n) is 11.3. The molecule has 1 aliphatic rings. The normalized spacial score (nSPS) is 13.6. The Kier molecular flexibility index (Phi) is 6.36. The second-order valence-corrected chi connectivity index (χ2v) is 8.23. The summed E-state index contributed by atoms with van der Waals surface area (Å²) in [6.07, 6.45) is 3.13. The molecule has 10 heteroatoms. The number of carbonyl (C=O) groups is 2. The molecule has 1 fully saturated rings. The molecule has 4 aromatic rings. The Hall–Kier alpha value is -4.31. The largest absolute Gasteiger partial charge is 0.378 e. The number of carbonyl (C=O) groups excluding carboxylic acids is 2. The number of aromatic nitrogens is 4. The van der Waals surface area contributed by atoms with Gasteiger partial charge in [-0.3, -0.25) is 14.6 Å². The number of benzene rings is 1. The molecule has 0 unspecified atom stereocenters. The monoisotopic (exact) mass is 471 g/mol. The number of aromatic amines is 1. The maximum absolute atomic E-state index is 12.7. The quantitative estimate of drug-likeness (QED) is 0.395. The van der Waals surface area contributed by atoms with Crippen molar-refractivity contribution in [2.45, 2.75) is 13.5 Å². The van der Waals surface area contributed by atoms with Crippen LogP contribution < -0.4 is 15.5 Å². The van der Waals surface area contributed by atoms with Gasteiger partial charge >= 0.3 is 0 Å². The van der Waals surface area contributed by atoms with Crippen molar-refractivity contribution in [2.75, 3.05) is 36.5 Å². The number of ether oxygens (including phenoxy) is 1. The van der Waals surface area contributed by atoms with Crippen LogP contribution >= 0.6 is 0 Å². The van der Waals surface area contributed by atoms with Gasteiger partial charge in [0.1, 0.15) is 23.5 Å². The summed E-state index contributed by atoms with van der Waals surface area (Å²) in [5, 5.41) is 6.55. The van der Waals surface area contributed by atoms with E-state index in [0.717, 1.165) is 46.8 Å². The Morgan fingerprint density at radius 3 is 2.63 bits per heavy atom. The van der Waals surface area contributed by atoms with Gasteiger partial charge in [0.25, 0.3) is 5.91 Å². The van der Waals surface area contributed by atoms with Crippen LogP contribution in [0.2, 0.25) is 0 Å². The van der Waals surface area contributed by atoms with E-state index in [0.29, 0.717) is 25.4 Å². The molecule has 0 radical (unpaired) electrons. The molecular formula is C25H25N7O3. The van der Waals surface area contributed by atoms with Crippen molar-refractivity contribution >= 4 is 34.4 Å². The van der Waals surface area contributed by atoms with Gasteiger partial charge in [-0.25, -0.2) is 9.97 Å². The zero-order chi connectivity index (χ0) is 24.2. The second-order valence-electron chi connectivity index (χ2n) is 8.23. The van der Waals surface area contributed by atoms with Crippen molar-refractivity contribution in [3.05, 3.63) is 66.2 Å². The lowest BCUT2D eigenvalue weighted by molar-refractivity contribution is -0.119. The molecule has 0 aliphatic carbocycles. The molecular weight excluding hydrogens is 446 g/mol. The van der Waals surface area contributed by atoms with Crippen molar-refractivity contribution in [1.82, 2.24) is 25.3 Å². The molecule has 0 atom stereocenters. The van der Waals surface area contributed by atoms with Gasteiger partial charge in [0.05, 0.1) is 18.6 Å². The summed E-state index contributed by atoms with van der Waals surface area (Å²) in [5.41, 5.74) is 4.39. The second kappa shape index (κ2) is 9.90. The molecule has 1 aromatic carbocycles.